The Morgan fingerprint density at radius 3 is 2.85 bits per heavy atom. The molecule has 1 fully saturated rings. The van der Waals surface area contributed by atoms with Gasteiger partial charge in [0.05, 0.1) is 5.56 Å². The van der Waals surface area contributed by atoms with E-state index in [1.165, 1.54) is 42.9 Å². The molecule has 0 unspecified atom stereocenters. The molecule has 2 aromatic rings. The monoisotopic (exact) mass is 383 g/mol. The number of carbonyl (C=O) groups is 2. The first-order valence-corrected chi connectivity index (χ1v) is 9.64. The van der Waals surface area contributed by atoms with Gasteiger partial charge in [-0.1, -0.05) is 0 Å². The van der Waals surface area contributed by atoms with Gasteiger partial charge >= 0.3 is 5.97 Å². The first-order valence-electron chi connectivity index (χ1n) is 8.76. The van der Waals surface area contributed by atoms with Crippen molar-refractivity contribution in [2.45, 2.75) is 45.8 Å². The molecule has 27 heavy (non-hydrogen) atoms. The normalized spacial score (nSPS) is 14.7. The van der Waals surface area contributed by atoms with E-state index in [2.05, 4.69) is 16.8 Å². The Labute approximate surface area is 162 Å². The lowest BCUT2D eigenvalue weighted by atomic mass is 10.2. The molecular formula is C20H21N3O3S. The summed E-state index contributed by atoms with van der Waals surface area (Å²) in [5.74, 6) is -1.05. The molecule has 0 saturated heterocycles. The van der Waals surface area contributed by atoms with Gasteiger partial charge in [-0.15, -0.1) is 11.3 Å². The van der Waals surface area contributed by atoms with E-state index >= 15 is 0 Å². The lowest BCUT2D eigenvalue weighted by Crippen LogP contribution is -2.29. The second kappa shape index (κ2) is 7.80. The molecular weight excluding hydrogens is 362 g/mol. The van der Waals surface area contributed by atoms with Crippen LogP contribution >= 0.6 is 11.3 Å². The van der Waals surface area contributed by atoms with Gasteiger partial charge < -0.3 is 14.6 Å². The Hall–Kier alpha value is -2.85. The summed E-state index contributed by atoms with van der Waals surface area (Å²) >= 11 is 1.25. The van der Waals surface area contributed by atoms with Gasteiger partial charge in [0, 0.05) is 23.5 Å². The van der Waals surface area contributed by atoms with Crippen LogP contribution in [0.4, 0.5) is 5.00 Å². The molecule has 1 aliphatic carbocycles. The van der Waals surface area contributed by atoms with Crippen molar-refractivity contribution in [2.75, 3.05) is 5.32 Å². The number of carbonyl (C=O) groups excluding carboxylic acids is 2. The van der Waals surface area contributed by atoms with Gasteiger partial charge in [-0.3, -0.25) is 4.79 Å². The van der Waals surface area contributed by atoms with Crippen molar-refractivity contribution in [1.29, 1.82) is 5.26 Å². The number of aromatic nitrogens is 1. The van der Waals surface area contributed by atoms with Crippen LogP contribution in [0.2, 0.25) is 0 Å². The van der Waals surface area contributed by atoms with E-state index in [1.807, 2.05) is 19.1 Å². The van der Waals surface area contributed by atoms with E-state index in [0.717, 1.165) is 11.3 Å². The Kier molecular flexibility index (Phi) is 5.47. The van der Waals surface area contributed by atoms with Crippen molar-refractivity contribution in [3.8, 4) is 6.07 Å². The number of nitrogens with one attached hydrogen (secondary N) is 1. The number of thiophene rings is 1. The second-order valence-corrected chi connectivity index (χ2v) is 7.52. The Balaban J connectivity index is 1.58. The highest BCUT2D eigenvalue weighted by molar-refractivity contribution is 7.14. The molecule has 3 rings (SSSR count). The average Bonchev–Trinajstić information content (AvgIpc) is 3.28. The Morgan fingerprint density at radius 2 is 2.19 bits per heavy atom. The zero-order valence-electron chi connectivity index (χ0n) is 15.5. The summed E-state index contributed by atoms with van der Waals surface area (Å²) in [5.41, 5.74) is 3.68. The highest BCUT2D eigenvalue weighted by atomic mass is 32.1. The number of amides is 1. The van der Waals surface area contributed by atoms with Crippen LogP contribution in [0.1, 0.15) is 48.3 Å². The predicted molar refractivity (Wildman–Crippen MR) is 104 cm³/mol. The van der Waals surface area contributed by atoms with Crippen molar-refractivity contribution in [3.63, 3.8) is 0 Å². The molecule has 0 radical (unpaired) electrons. The van der Waals surface area contributed by atoms with Crippen molar-refractivity contribution in [3.05, 3.63) is 46.1 Å². The van der Waals surface area contributed by atoms with E-state index in [4.69, 9.17) is 10.00 Å². The average molecular weight is 383 g/mol. The van der Waals surface area contributed by atoms with Gasteiger partial charge in [0.2, 0.25) is 0 Å². The number of anilines is 1. The summed E-state index contributed by atoms with van der Waals surface area (Å²) in [7, 11) is 0. The van der Waals surface area contributed by atoms with Gasteiger partial charge in [-0.2, -0.15) is 5.26 Å². The maximum absolute atomic E-state index is 12.2. The van der Waals surface area contributed by atoms with Crippen LogP contribution in [-0.4, -0.2) is 22.5 Å². The fraction of sp³-hybridized carbons (Fsp3) is 0.350. The molecule has 1 amide bonds. The summed E-state index contributed by atoms with van der Waals surface area (Å²) in [5, 5.41) is 13.8. The number of hydrogen-bond acceptors (Lipinski definition) is 5. The second-order valence-electron chi connectivity index (χ2n) is 6.60. The van der Waals surface area contributed by atoms with Gasteiger partial charge in [0.1, 0.15) is 11.1 Å². The lowest BCUT2D eigenvalue weighted by molar-refractivity contribution is -0.148. The zero-order valence-corrected chi connectivity index (χ0v) is 16.3. The van der Waals surface area contributed by atoms with Crippen LogP contribution in [0.3, 0.4) is 0 Å². The van der Waals surface area contributed by atoms with E-state index in [0.29, 0.717) is 16.6 Å². The Bertz CT molecular complexity index is 944. The third-order valence-electron chi connectivity index (χ3n) is 4.52. The van der Waals surface area contributed by atoms with Crippen LogP contribution in [0.25, 0.3) is 6.08 Å². The quantitative estimate of drug-likeness (QED) is 0.604. The van der Waals surface area contributed by atoms with Crippen molar-refractivity contribution in [2.24, 2.45) is 0 Å². The molecule has 1 atom stereocenters. The maximum Gasteiger partial charge on any atom is 0.331 e. The third-order valence-corrected chi connectivity index (χ3v) is 5.35. The number of hydrogen-bond donors (Lipinski definition) is 1. The summed E-state index contributed by atoms with van der Waals surface area (Å²) in [6.45, 7) is 5.60. The molecule has 0 spiro atoms. The minimum Gasteiger partial charge on any atom is -0.449 e. The van der Waals surface area contributed by atoms with Crippen molar-refractivity contribution in [1.82, 2.24) is 4.57 Å². The van der Waals surface area contributed by atoms with Gasteiger partial charge in [0.15, 0.2) is 6.10 Å². The highest BCUT2D eigenvalue weighted by Crippen LogP contribution is 2.38. The number of ether oxygens (including phenoxy) is 1. The molecule has 0 aliphatic heterocycles. The van der Waals surface area contributed by atoms with E-state index < -0.39 is 18.0 Å². The number of esters is 1. The Morgan fingerprint density at radius 1 is 1.44 bits per heavy atom. The van der Waals surface area contributed by atoms with Crippen LogP contribution < -0.4 is 5.32 Å². The topological polar surface area (TPSA) is 84.1 Å². The molecule has 1 N–H and O–H groups in total. The molecule has 2 aromatic heterocycles. The number of rotatable bonds is 6. The molecule has 2 heterocycles. The van der Waals surface area contributed by atoms with Crippen LogP contribution in [0.15, 0.2) is 23.6 Å². The first-order chi connectivity index (χ1) is 12.9. The maximum atomic E-state index is 12.2. The minimum absolute atomic E-state index is 0.387. The van der Waals surface area contributed by atoms with Gasteiger partial charge in [-0.05, 0) is 62.8 Å². The number of nitriles is 1. The molecule has 7 heteroatoms. The van der Waals surface area contributed by atoms with Gasteiger partial charge in [0.25, 0.3) is 5.91 Å². The van der Waals surface area contributed by atoms with Crippen LogP contribution in [0.5, 0.6) is 0 Å². The molecule has 0 bridgehead atoms. The fourth-order valence-corrected chi connectivity index (χ4v) is 3.74. The highest BCUT2D eigenvalue weighted by Gasteiger charge is 2.26. The largest absolute Gasteiger partial charge is 0.449 e. The third kappa shape index (κ3) is 4.29. The number of aryl methyl sites for hydroxylation is 1. The summed E-state index contributed by atoms with van der Waals surface area (Å²) < 4.78 is 7.47. The lowest BCUT2D eigenvalue weighted by Gasteiger charge is -2.11. The molecule has 1 saturated carbocycles. The smallest absolute Gasteiger partial charge is 0.331 e. The van der Waals surface area contributed by atoms with Crippen molar-refractivity contribution >= 4 is 34.3 Å². The SMILES string of the molecule is Cc1cc(/C=C/C(=O)O[C@H](C)C(=O)Nc2sccc2C#N)c(C)n1C1CC1. The van der Waals surface area contributed by atoms with Gasteiger partial charge in [-0.25, -0.2) is 4.79 Å². The first kappa shape index (κ1) is 18.9. The van der Waals surface area contributed by atoms with Crippen LogP contribution in [0, 0.1) is 25.2 Å². The fourth-order valence-electron chi connectivity index (χ4n) is 3.00. The molecule has 0 aromatic carbocycles. The summed E-state index contributed by atoms with van der Waals surface area (Å²) in [6.07, 6.45) is 4.50. The van der Waals surface area contributed by atoms with Crippen LogP contribution in [-0.2, 0) is 14.3 Å². The van der Waals surface area contributed by atoms with E-state index in [-0.39, 0.29) is 0 Å². The molecule has 6 nitrogen and oxygen atoms in total. The summed E-state index contributed by atoms with van der Waals surface area (Å²) in [6, 6.07) is 6.25. The molecule has 1 aliphatic rings. The van der Waals surface area contributed by atoms with E-state index in [9.17, 15) is 9.59 Å². The standard InChI is InChI=1S/C20H21N3O3S/c1-12-10-15(13(2)23(12)17-5-6-17)4-7-18(24)26-14(3)19(25)22-20-16(11-21)8-9-27-20/h4,7-10,14,17H,5-6H2,1-3H3,(H,22,25)/b7-4+/t14-/m1/s1. The zero-order chi connectivity index (χ0) is 19.6. The number of nitrogens with zero attached hydrogens (tertiary/aromatic N) is 2. The summed E-state index contributed by atoms with van der Waals surface area (Å²) in [4.78, 5) is 24.2. The molecule has 140 valence electrons. The predicted octanol–water partition coefficient (Wildman–Crippen LogP) is 3.96. The van der Waals surface area contributed by atoms with Crippen molar-refractivity contribution < 1.29 is 14.3 Å². The minimum atomic E-state index is -0.963. The van der Waals surface area contributed by atoms with E-state index in [1.54, 1.807) is 17.5 Å².